The van der Waals surface area contributed by atoms with Crippen LogP contribution in [0.1, 0.15) is 30.3 Å². The summed E-state index contributed by atoms with van der Waals surface area (Å²) in [7, 11) is 0. The van der Waals surface area contributed by atoms with Crippen LogP contribution >= 0.6 is 11.3 Å². The molecule has 1 aromatic heterocycles. The van der Waals surface area contributed by atoms with Gasteiger partial charge >= 0.3 is 0 Å². The van der Waals surface area contributed by atoms with Crippen LogP contribution in [0, 0.1) is 5.82 Å². The summed E-state index contributed by atoms with van der Waals surface area (Å²) in [6.07, 6.45) is 3.71. The number of benzene rings is 1. The molecule has 0 unspecified atom stereocenters. The standard InChI is InChI=1S/C16H17FN2O2S/c1-10(21-12-8-6-11(17)7-9-12)15(20)19-16-18-13-4-2-3-5-14(13)22-16/h6-10H,2-5H2,1H3,(H,18,19,20)/t10-/m1/s1. The highest BCUT2D eigenvalue weighted by Gasteiger charge is 2.19. The van der Waals surface area contributed by atoms with Crippen molar-refractivity contribution in [3.05, 3.63) is 40.7 Å². The van der Waals surface area contributed by atoms with Crippen molar-refractivity contribution in [2.75, 3.05) is 5.32 Å². The summed E-state index contributed by atoms with van der Waals surface area (Å²) in [5, 5.41) is 3.43. The Morgan fingerprint density at radius 2 is 2.05 bits per heavy atom. The number of carbonyl (C=O) groups is 1. The Balaban J connectivity index is 1.61. The van der Waals surface area contributed by atoms with Gasteiger partial charge in [-0.2, -0.15) is 0 Å². The van der Waals surface area contributed by atoms with Gasteiger partial charge in [0.25, 0.3) is 5.91 Å². The second kappa shape index (κ2) is 6.44. The van der Waals surface area contributed by atoms with Crippen molar-refractivity contribution in [3.8, 4) is 5.75 Å². The van der Waals surface area contributed by atoms with Crippen LogP contribution in [-0.4, -0.2) is 17.0 Å². The predicted molar refractivity (Wildman–Crippen MR) is 83.9 cm³/mol. The minimum absolute atomic E-state index is 0.254. The van der Waals surface area contributed by atoms with E-state index >= 15 is 0 Å². The van der Waals surface area contributed by atoms with Crippen molar-refractivity contribution in [1.29, 1.82) is 0 Å². The number of amides is 1. The average molecular weight is 320 g/mol. The van der Waals surface area contributed by atoms with Crippen molar-refractivity contribution >= 4 is 22.4 Å². The number of ether oxygens (including phenoxy) is 1. The lowest BCUT2D eigenvalue weighted by molar-refractivity contribution is -0.122. The van der Waals surface area contributed by atoms with Crippen LogP contribution in [0.4, 0.5) is 9.52 Å². The lowest BCUT2D eigenvalue weighted by atomic mass is 10.0. The van der Waals surface area contributed by atoms with E-state index < -0.39 is 6.10 Å². The Morgan fingerprint density at radius 3 is 2.77 bits per heavy atom. The molecule has 1 amide bonds. The van der Waals surface area contributed by atoms with Crippen molar-refractivity contribution < 1.29 is 13.9 Å². The molecule has 0 radical (unpaired) electrons. The Labute approximate surface area is 132 Å². The highest BCUT2D eigenvalue weighted by Crippen LogP contribution is 2.29. The highest BCUT2D eigenvalue weighted by atomic mass is 32.1. The number of rotatable bonds is 4. The zero-order valence-corrected chi connectivity index (χ0v) is 13.1. The van der Waals surface area contributed by atoms with Crippen LogP contribution in [0.3, 0.4) is 0 Å². The van der Waals surface area contributed by atoms with Crippen LogP contribution in [0.15, 0.2) is 24.3 Å². The Kier molecular flexibility index (Phi) is 4.38. The molecule has 0 aliphatic heterocycles. The first kappa shape index (κ1) is 15.0. The monoisotopic (exact) mass is 320 g/mol. The van der Waals surface area contributed by atoms with Gasteiger partial charge in [0.1, 0.15) is 11.6 Å². The van der Waals surface area contributed by atoms with E-state index in [-0.39, 0.29) is 11.7 Å². The molecule has 2 aromatic rings. The molecule has 0 fully saturated rings. The second-order valence-electron chi connectivity index (χ2n) is 5.30. The van der Waals surface area contributed by atoms with Gasteiger partial charge in [-0.3, -0.25) is 10.1 Å². The maximum absolute atomic E-state index is 12.8. The first-order chi connectivity index (χ1) is 10.6. The number of aryl methyl sites for hydroxylation is 2. The van der Waals surface area contributed by atoms with Crippen molar-refractivity contribution in [2.24, 2.45) is 0 Å². The molecule has 1 heterocycles. The van der Waals surface area contributed by atoms with E-state index in [0.29, 0.717) is 10.9 Å². The largest absolute Gasteiger partial charge is 0.481 e. The summed E-state index contributed by atoms with van der Waals surface area (Å²) >= 11 is 1.54. The third kappa shape index (κ3) is 3.44. The molecule has 3 rings (SSSR count). The van der Waals surface area contributed by atoms with Crippen LogP contribution in [0.5, 0.6) is 5.75 Å². The van der Waals surface area contributed by atoms with E-state index in [1.807, 2.05) is 0 Å². The molecule has 1 N–H and O–H groups in total. The number of hydrogen-bond donors (Lipinski definition) is 1. The molecule has 0 spiro atoms. The van der Waals surface area contributed by atoms with Gasteiger partial charge in [0.15, 0.2) is 11.2 Å². The zero-order chi connectivity index (χ0) is 15.5. The number of nitrogens with one attached hydrogen (secondary N) is 1. The maximum Gasteiger partial charge on any atom is 0.266 e. The molecule has 0 saturated carbocycles. The molecule has 0 bridgehead atoms. The van der Waals surface area contributed by atoms with Gasteiger partial charge in [0.2, 0.25) is 0 Å². The molecule has 1 aliphatic carbocycles. The van der Waals surface area contributed by atoms with E-state index in [1.165, 1.54) is 35.6 Å². The Bertz CT molecular complexity index is 646. The van der Waals surface area contributed by atoms with Gasteiger partial charge in [0.05, 0.1) is 5.69 Å². The van der Waals surface area contributed by atoms with Gasteiger partial charge in [-0.25, -0.2) is 9.37 Å². The number of halogens is 1. The molecule has 1 atom stereocenters. The molecule has 22 heavy (non-hydrogen) atoms. The summed E-state index contributed by atoms with van der Waals surface area (Å²) in [4.78, 5) is 17.9. The number of fused-ring (bicyclic) bond motifs is 1. The van der Waals surface area contributed by atoms with Crippen LogP contribution in [-0.2, 0) is 17.6 Å². The fraction of sp³-hybridized carbons (Fsp3) is 0.375. The fourth-order valence-corrected chi connectivity index (χ4v) is 3.44. The van der Waals surface area contributed by atoms with Crippen molar-refractivity contribution in [2.45, 2.75) is 38.7 Å². The van der Waals surface area contributed by atoms with Crippen LogP contribution in [0.25, 0.3) is 0 Å². The Morgan fingerprint density at radius 1 is 1.32 bits per heavy atom. The maximum atomic E-state index is 12.8. The summed E-state index contributed by atoms with van der Waals surface area (Å²) in [5.74, 6) is -0.129. The number of carbonyl (C=O) groups excluding carboxylic acids is 1. The van der Waals surface area contributed by atoms with Gasteiger partial charge < -0.3 is 4.74 Å². The van der Waals surface area contributed by atoms with E-state index in [4.69, 9.17) is 4.74 Å². The third-order valence-electron chi connectivity index (χ3n) is 3.57. The second-order valence-corrected chi connectivity index (χ2v) is 6.38. The SMILES string of the molecule is C[C@@H](Oc1ccc(F)cc1)C(=O)Nc1nc2c(s1)CCCC2. The van der Waals surface area contributed by atoms with E-state index in [1.54, 1.807) is 18.3 Å². The van der Waals surface area contributed by atoms with E-state index in [9.17, 15) is 9.18 Å². The number of thiazole rings is 1. The normalized spacial score (nSPS) is 15.0. The highest BCUT2D eigenvalue weighted by molar-refractivity contribution is 7.15. The van der Waals surface area contributed by atoms with Crippen molar-refractivity contribution in [3.63, 3.8) is 0 Å². The Hall–Kier alpha value is -1.95. The molecule has 0 saturated heterocycles. The average Bonchev–Trinajstić information content (AvgIpc) is 2.91. The van der Waals surface area contributed by atoms with Crippen LogP contribution < -0.4 is 10.1 Å². The van der Waals surface area contributed by atoms with Gasteiger partial charge in [0, 0.05) is 4.88 Å². The molecule has 1 aliphatic rings. The van der Waals surface area contributed by atoms with Gasteiger partial charge in [-0.05, 0) is 56.9 Å². The number of nitrogens with zero attached hydrogens (tertiary/aromatic N) is 1. The van der Waals surface area contributed by atoms with Crippen molar-refractivity contribution in [1.82, 2.24) is 4.98 Å². The smallest absolute Gasteiger partial charge is 0.266 e. The van der Waals surface area contributed by atoms with Gasteiger partial charge in [-0.1, -0.05) is 0 Å². The third-order valence-corrected chi connectivity index (χ3v) is 4.64. The summed E-state index contributed by atoms with van der Waals surface area (Å²) in [6, 6.07) is 5.60. The molecular weight excluding hydrogens is 303 g/mol. The summed E-state index contributed by atoms with van der Waals surface area (Å²) in [6.45, 7) is 1.66. The minimum Gasteiger partial charge on any atom is -0.481 e. The van der Waals surface area contributed by atoms with E-state index in [2.05, 4.69) is 10.3 Å². The molecule has 4 nitrogen and oxygen atoms in total. The number of anilines is 1. The first-order valence-corrected chi connectivity index (χ1v) is 8.15. The molecule has 1 aromatic carbocycles. The quantitative estimate of drug-likeness (QED) is 0.937. The molecule has 6 heteroatoms. The topological polar surface area (TPSA) is 51.2 Å². The summed E-state index contributed by atoms with van der Waals surface area (Å²) < 4.78 is 18.3. The van der Waals surface area contributed by atoms with Gasteiger partial charge in [-0.15, -0.1) is 11.3 Å². The van der Waals surface area contributed by atoms with Crippen LogP contribution in [0.2, 0.25) is 0 Å². The number of hydrogen-bond acceptors (Lipinski definition) is 4. The lowest BCUT2D eigenvalue weighted by Crippen LogP contribution is -2.30. The molecular formula is C16H17FN2O2S. The number of aromatic nitrogens is 1. The summed E-state index contributed by atoms with van der Waals surface area (Å²) in [5.41, 5.74) is 1.11. The zero-order valence-electron chi connectivity index (χ0n) is 12.3. The lowest BCUT2D eigenvalue weighted by Gasteiger charge is -2.13. The first-order valence-electron chi connectivity index (χ1n) is 7.33. The minimum atomic E-state index is -0.675. The molecule has 116 valence electrons. The fourth-order valence-electron chi connectivity index (χ4n) is 2.38. The predicted octanol–water partition coefficient (Wildman–Crippen LogP) is 3.57. The van der Waals surface area contributed by atoms with E-state index in [0.717, 1.165) is 25.0 Å².